The zero-order chi connectivity index (χ0) is 15.5. The van der Waals surface area contributed by atoms with Crippen molar-refractivity contribution in [1.82, 2.24) is 10.3 Å². The summed E-state index contributed by atoms with van der Waals surface area (Å²) in [6.07, 6.45) is -1.06. The quantitative estimate of drug-likeness (QED) is 0.915. The number of hydrogen-bond acceptors (Lipinski definition) is 2. The molecule has 2 unspecified atom stereocenters. The average Bonchev–Trinajstić information content (AvgIpc) is 2.48. The third-order valence-electron chi connectivity index (χ3n) is 3.64. The summed E-state index contributed by atoms with van der Waals surface area (Å²) in [6.45, 7) is 1.91. The van der Waals surface area contributed by atoms with Crippen molar-refractivity contribution >= 4 is 0 Å². The molecule has 2 atom stereocenters. The molecule has 0 saturated carbocycles. The summed E-state index contributed by atoms with van der Waals surface area (Å²) in [5.41, 5.74) is 0.614. The highest BCUT2D eigenvalue weighted by molar-refractivity contribution is 5.35. The fourth-order valence-electron chi connectivity index (χ4n) is 2.56. The highest BCUT2D eigenvalue weighted by Gasteiger charge is 2.35. The van der Waals surface area contributed by atoms with Crippen LogP contribution in [-0.4, -0.2) is 12.0 Å². The van der Waals surface area contributed by atoms with E-state index in [0.717, 1.165) is 11.6 Å². The van der Waals surface area contributed by atoms with Gasteiger partial charge >= 0.3 is 6.18 Å². The van der Waals surface area contributed by atoms with Crippen LogP contribution in [0.4, 0.5) is 13.2 Å². The molecule has 1 N–H and O–H groups in total. The van der Waals surface area contributed by atoms with E-state index in [9.17, 15) is 13.2 Å². The van der Waals surface area contributed by atoms with Crippen molar-refractivity contribution in [1.29, 1.82) is 0 Å². The summed E-state index contributed by atoms with van der Waals surface area (Å²) in [6, 6.07) is 8.92. The van der Waals surface area contributed by atoms with Crippen LogP contribution in [0.3, 0.4) is 0 Å². The molecule has 0 aliphatic rings. The zero-order valence-corrected chi connectivity index (χ0v) is 11.9. The van der Waals surface area contributed by atoms with Crippen LogP contribution >= 0.6 is 0 Å². The molecule has 1 aromatic heterocycles. The summed E-state index contributed by atoms with van der Waals surface area (Å²) in [5.74, 6) is -0.110. The average molecular weight is 294 g/mol. The first-order chi connectivity index (χ1) is 9.95. The van der Waals surface area contributed by atoms with Gasteiger partial charge in [0.15, 0.2) is 0 Å². The second kappa shape index (κ2) is 6.26. The Kier molecular flexibility index (Phi) is 4.63. The number of benzene rings is 1. The minimum absolute atomic E-state index is 0.110. The molecule has 5 heteroatoms. The number of alkyl halides is 3. The molecule has 0 spiro atoms. The lowest BCUT2D eigenvalue weighted by Crippen LogP contribution is -2.25. The molecule has 0 amide bonds. The molecule has 0 bridgehead atoms. The fraction of sp³-hybridized carbons (Fsp3) is 0.312. The van der Waals surface area contributed by atoms with Gasteiger partial charge in [0.25, 0.3) is 0 Å². The maximum Gasteiger partial charge on any atom is 0.416 e. The second-order valence-corrected chi connectivity index (χ2v) is 4.92. The Bertz CT molecular complexity index is 582. The summed E-state index contributed by atoms with van der Waals surface area (Å²) < 4.78 is 39.5. The van der Waals surface area contributed by atoms with Crippen molar-refractivity contribution in [2.45, 2.75) is 25.1 Å². The number of nitrogens with one attached hydrogen (secondary N) is 1. The first-order valence-corrected chi connectivity index (χ1v) is 6.68. The molecule has 2 rings (SSSR count). The van der Waals surface area contributed by atoms with Crippen LogP contribution in [0.15, 0.2) is 48.8 Å². The number of rotatable bonds is 4. The Morgan fingerprint density at radius 3 is 2.24 bits per heavy atom. The smallest absolute Gasteiger partial charge is 0.312 e. The lowest BCUT2D eigenvalue weighted by molar-refractivity contribution is -0.138. The largest absolute Gasteiger partial charge is 0.416 e. The summed E-state index contributed by atoms with van der Waals surface area (Å²) >= 11 is 0. The molecule has 1 aromatic carbocycles. The van der Waals surface area contributed by atoms with Gasteiger partial charge in [-0.15, -0.1) is 0 Å². The lowest BCUT2D eigenvalue weighted by Gasteiger charge is -2.27. The lowest BCUT2D eigenvalue weighted by atomic mass is 9.86. The molecular formula is C16H17F3N2. The van der Waals surface area contributed by atoms with Crippen molar-refractivity contribution in [3.8, 4) is 0 Å². The van der Waals surface area contributed by atoms with Crippen molar-refractivity contribution in [3.63, 3.8) is 0 Å². The number of hydrogen-bond donors (Lipinski definition) is 1. The van der Waals surface area contributed by atoms with Crippen LogP contribution in [0.2, 0.25) is 0 Å². The van der Waals surface area contributed by atoms with Crippen LogP contribution in [0.25, 0.3) is 0 Å². The Hall–Kier alpha value is -1.88. The number of nitrogens with zero attached hydrogens (tertiary/aromatic N) is 1. The number of aromatic nitrogens is 1. The van der Waals surface area contributed by atoms with Crippen molar-refractivity contribution in [2.24, 2.45) is 0 Å². The predicted molar refractivity (Wildman–Crippen MR) is 75.9 cm³/mol. The molecule has 2 aromatic rings. The van der Waals surface area contributed by atoms with E-state index < -0.39 is 17.8 Å². The molecule has 112 valence electrons. The second-order valence-electron chi connectivity index (χ2n) is 4.92. The zero-order valence-electron chi connectivity index (χ0n) is 11.9. The Morgan fingerprint density at radius 1 is 1.05 bits per heavy atom. The normalized spacial score (nSPS) is 14.7. The van der Waals surface area contributed by atoms with Gasteiger partial charge < -0.3 is 5.32 Å². The van der Waals surface area contributed by atoms with E-state index in [1.54, 1.807) is 25.5 Å². The number of pyridine rings is 1. The van der Waals surface area contributed by atoms with E-state index in [1.807, 2.05) is 19.1 Å². The van der Waals surface area contributed by atoms with Gasteiger partial charge in [-0.2, -0.15) is 13.2 Å². The third-order valence-corrected chi connectivity index (χ3v) is 3.64. The molecule has 0 aliphatic heterocycles. The van der Waals surface area contributed by atoms with Crippen molar-refractivity contribution < 1.29 is 13.2 Å². The van der Waals surface area contributed by atoms with E-state index in [0.29, 0.717) is 0 Å². The molecule has 1 heterocycles. The van der Waals surface area contributed by atoms with E-state index in [4.69, 9.17) is 0 Å². The molecule has 0 fully saturated rings. The number of likely N-dealkylation sites (N-methyl/N-ethyl adjacent to an activating group) is 1. The van der Waals surface area contributed by atoms with Crippen LogP contribution < -0.4 is 5.32 Å². The van der Waals surface area contributed by atoms with Gasteiger partial charge in [0, 0.05) is 24.4 Å². The topological polar surface area (TPSA) is 24.9 Å². The molecular weight excluding hydrogens is 277 g/mol. The van der Waals surface area contributed by atoms with E-state index in [2.05, 4.69) is 10.3 Å². The maximum atomic E-state index is 13.2. The van der Waals surface area contributed by atoms with Gasteiger partial charge in [-0.25, -0.2) is 0 Å². The van der Waals surface area contributed by atoms with Crippen molar-refractivity contribution in [3.05, 3.63) is 65.5 Å². The predicted octanol–water partition coefficient (Wildman–Crippen LogP) is 4.16. The molecule has 2 nitrogen and oxygen atoms in total. The Morgan fingerprint density at radius 2 is 1.67 bits per heavy atom. The third kappa shape index (κ3) is 3.42. The van der Waals surface area contributed by atoms with Gasteiger partial charge in [-0.05, 0) is 36.4 Å². The highest BCUT2D eigenvalue weighted by atomic mass is 19.4. The Balaban J connectivity index is 2.43. The van der Waals surface area contributed by atoms with Gasteiger partial charge in [-0.1, -0.05) is 25.1 Å². The monoisotopic (exact) mass is 294 g/mol. The van der Waals surface area contributed by atoms with Gasteiger partial charge in [0.2, 0.25) is 0 Å². The van der Waals surface area contributed by atoms with Gasteiger partial charge in [0.1, 0.15) is 0 Å². The van der Waals surface area contributed by atoms with Gasteiger partial charge in [0.05, 0.1) is 5.56 Å². The molecule has 0 radical (unpaired) electrons. The fourth-order valence-corrected chi connectivity index (χ4v) is 2.56. The summed E-state index contributed by atoms with van der Waals surface area (Å²) in [7, 11) is 1.68. The van der Waals surface area contributed by atoms with E-state index >= 15 is 0 Å². The van der Waals surface area contributed by atoms with E-state index in [-0.39, 0.29) is 11.5 Å². The number of halogens is 3. The van der Waals surface area contributed by atoms with E-state index in [1.165, 1.54) is 12.1 Å². The van der Waals surface area contributed by atoms with Gasteiger partial charge in [-0.3, -0.25) is 4.98 Å². The summed E-state index contributed by atoms with van der Waals surface area (Å²) in [4.78, 5) is 3.94. The SMILES string of the molecule is CNC(c1ccccc1C(F)(F)F)C(C)c1ccncc1. The van der Waals surface area contributed by atoms with Crippen LogP contribution in [0.1, 0.15) is 35.6 Å². The maximum absolute atomic E-state index is 13.2. The minimum atomic E-state index is -4.36. The summed E-state index contributed by atoms with van der Waals surface area (Å²) in [5, 5.41) is 3.01. The first kappa shape index (κ1) is 15.5. The minimum Gasteiger partial charge on any atom is -0.312 e. The Labute approximate surface area is 122 Å². The van der Waals surface area contributed by atoms with Crippen LogP contribution in [-0.2, 0) is 6.18 Å². The molecule has 21 heavy (non-hydrogen) atoms. The van der Waals surface area contributed by atoms with Crippen LogP contribution in [0.5, 0.6) is 0 Å². The highest BCUT2D eigenvalue weighted by Crippen LogP contribution is 2.38. The van der Waals surface area contributed by atoms with Crippen molar-refractivity contribution in [2.75, 3.05) is 7.05 Å². The van der Waals surface area contributed by atoms with Crippen LogP contribution in [0, 0.1) is 0 Å². The standard InChI is InChI=1S/C16H17F3N2/c1-11(12-7-9-21-10-8-12)15(20-2)13-5-3-4-6-14(13)16(17,18)19/h3-11,15,20H,1-2H3. The first-order valence-electron chi connectivity index (χ1n) is 6.68. The molecule has 0 saturated heterocycles. The molecule has 0 aliphatic carbocycles.